The molecule has 0 saturated carbocycles. The first kappa shape index (κ1) is 19.7. The van der Waals surface area contributed by atoms with Crippen LogP contribution in [0.25, 0.3) is 10.8 Å². The highest BCUT2D eigenvalue weighted by molar-refractivity contribution is 6.06. The van der Waals surface area contributed by atoms with Crippen molar-refractivity contribution in [2.24, 2.45) is 5.92 Å². The Kier molecular flexibility index (Phi) is 6.14. The van der Waals surface area contributed by atoms with Crippen molar-refractivity contribution in [2.75, 3.05) is 13.7 Å². The number of aromatic nitrogens is 1. The molecule has 146 valence electrons. The zero-order valence-electron chi connectivity index (χ0n) is 16.6. The standard InChI is InChI=1S/C23H26N2O3/c1-16(2)14-24-22(26)21-15-25(23(27)20-7-5-4-6-19(20)21)13-12-17-8-10-18(28-3)11-9-17/h4-11,15-16H,12-14H2,1-3H3,(H,24,26). The van der Waals surface area contributed by atoms with Crippen molar-refractivity contribution in [1.29, 1.82) is 0 Å². The number of aryl methyl sites for hydroxylation is 2. The van der Waals surface area contributed by atoms with Crippen molar-refractivity contribution in [2.45, 2.75) is 26.8 Å². The van der Waals surface area contributed by atoms with Gasteiger partial charge in [0, 0.05) is 30.1 Å². The van der Waals surface area contributed by atoms with Crippen LogP contribution in [0, 0.1) is 5.92 Å². The molecule has 0 atom stereocenters. The lowest BCUT2D eigenvalue weighted by atomic mass is 10.1. The normalized spacial score (nSPS) is 11.0. The zero-order valence-corrected chi connectivity index (χ0v) is 16.6. The minimum atomic E-state index is -0.150. The predicted molar refractivity (Wildman–Crippen MR) is 112 cm³/mol. The van der Waals surface area contributed by atoms with E-state index in [1.54, 1.807) is 23.9 Å². The van der Waals surface area contributed by atoms with Gasteiger partial charge < -0.3 is 14.6 Å². The quantitative estimate of drug-likeness (QED) is 0.683. The Bertz CT molecular complexity index is 1020. The molecule has 0 spiro atoms. The Morgan fingerprint density at radius 3 is 2.39 bits per heavy atom. The van der Waals surface area contributed by atoms with Gasteiger partial charge in [0.2, 0.25) is 0 Å². The van der Waals surface area contributed by atoms with Gasteiger partial charge in [-0.25, -0.2) is 0 Å². The van der Waals surface area contributed by atoms with Gasteiger partial charge in [-0.05, 0) is 36.1 Å². The molecular weight excluding hydrogens is 352 g/mol. The van der Waals surface area contributed by atoms with E-state index in [4.69, 9.17) is 4.74 Å². The monoisotopic (exact) mass is 378 g/mol. The molecule has 0 aliphatic carbocycles. The van der Waals surface area contributed by atoms with Crippen LogP contribution in [0.15, 0.2) is 59.5 Å². The molecule has 0 unspecified atom stereocenters. The predicted octanol–water partition coefficient (Wildman–Crippen LogP) is 3.64. The van der Waals surface area contributed by atoms with Gasteiger partial charge in [0.1, 0.15) is 5.75 Å². The average molecular weight is 378 g/mol. The molecule has 0 aliphatic heterocycles. The van der Waals surface area contributed by atoms with Crippen molar-refractivity contribution in [3.8, 4) is 5.75 Å². The number of nitrogens with one attached hydrogen (secondary N) is 1. The molecule has 3 rings (SSSR count). The van der Waals surface area contributed by atoms with E-state index in [2.05, 4.69) is 5.32 Å². The summed E-state index contributed by atoms with van der Waals surface area (Å²) in [5.74, 6) is 1.01. The van der Waals surface area contributed by atoms with Gasteiger partial charge >= 0.3 is 0 Å². The molecule has 5 nitrogen and oxygen atoms in total. The first-order valence-corrected chi connectivity index (χ1v) is 9.53. The number of rotatable bonds is 7. The SMILES string of the molecule is COc1ccc(CCn2cc(C(=O)NCC(C)C)c3ccccc3c2=O)cc1. The molecule has 0 aliphatic rings. The third-order valence-corrected chi connectivity index (χ3v) is 4.71. The highest BCUT2D eigenvalue weighted by Crippen LogP contribution is 2.17. The summed E-state index contributed by atoms with van der Waals surface area (Å²) < 4.78 is 6.82. The summed E-state index contributed by atoms with van der Waals surface area (Å²) in [5.41, 5.74) is 1.56. The lowest BCUT2D eigenvalue weighted by Crippen LogP contribution is -2.30. The van der Waals surface area contributed by atoms with Crippen molar-refractivity contribution in [3.63, 3.8) is 0 Å². The van der Waals surface area contributed by atoms with Gasteiger partial charge in [-0.15, -0.1) is 0 Å². The van der Waals surface area contributed by atoms with Crippen LogP contribution >= 0.6 is 0 Å². The molecule has 1 aromatic heterocycles. The second-order valence-corrected chi connectivity index (χ2v) is 7.29. The van der Waals surface area contributed by atoms with Crippen molar-refractivity contribution in [1.82, 2.24) is 9.88 Å². The Labute approximate surface area is 165 Å². The molecule has 1 N–H and O–H groups in total. The second-order valence-electron chi connectivity index (χ2n) is 7.29. The summed E-state index contributed by atoms with van der Waals surface area (Å²) in [7, 11) is 1.63. The van der Waals surface area contributed by atoms with Crippen LogP contribution in [0.3, 0.4) is 0 Å². The second kappa shape index (κ2) is 8.74. The summed E-state index contributed by atoms with van der Waals surface area (Å²) in [5, 5.41) is 4.21. The number of ether oxygens (including phenoxy) is 1. The van der Waals surface area contributed by atoms with E-state index in [9.17, 15) is 9.59 Å². The van der Waals surface area contributed by atoms with Gasteiger partial charge in [0.15, 0.2) is 0 Å². The third kappa shape index (κ3) is 4.42. The molecule has 3 aromatic rings. The topological polar surface area (TPSA) is 60.3 Å². The summed E-state index contributed by atoms with van der Waals surface area (Å²) in [6.45, 7) is 5.20. The zero-order chi connectivity index (χ0) is 20.1. The number of methoxy groups -OCH3 is 1. The fraction of sp³-hybridized carbons (Fsp3) is 0.304. The lowest BCUT2D eigenvalue weighted by molar-refractivity contribution is 0.0950. The van der Waals surface area contributed by atoms with E-state index in [1.165, 1.54) is 0 Å². The fourth-order valence-corrected chi connectivity index (χ4v) is 3.12. The number of carbonyl (C=O) groups excluding carboxylic acids is 1. The minimum Gasteiger partial charge on any atom is -0.497 e. The van der Waals surface area contributed by atoms with Crippen molar-refractivity contribution < 1.29 is 9.53 Å². The van der Waals surface area contributed by atoms with E-state index in [1.807, 2.05) is 56.3 Å². The average Bonchev–Trinajstić information content (AvgIpc) is 2.72. The van der Waals surface area contributed by atoms with Crippen LogP contribution in [0.1, 0.15) is 29.8 Å². The van der Waals surface area contributed by atoms with E-state index in [0.29, 0.717) is 41.8 Å². The number of hydrogen-bond donors (Lipinski definition) is 1. The van der Waals surface area contributed by atoms with E-state index < -0.39 is 0 Å². The first-order valence-electron chi connectivity index (χ1n) is 9.53. The minimum absolute atomic E-state index is 0.0791. The molecule has 0 bridgehead atoms. The number of carbonyl (C=O) groups is 1. The number of amides is 1. The highest BCUT2D eigenvalue weighted by Gasteiger charge is 2.14. The lowest BCUT2D eigenvalue weighted by Gasteiger charge is -2.13. The van der Waals surface area contributed by atoms with E-state index in [-0.39, 0.29) is 11.5 Å². The van der Waals surface area contributed by atoms with E-state index >= 15 is 0 Å². The number of pyridine rings is 1. The smallest absolute Gasteiger partial charge is 0.258 e. The maximum absolute atomic E-state index is 12.9. The molecule has 2 aromatic carbocycles. The number of nitrogens with zero attached hydrogens (tertiary/aromatic N) is 1. The largest absolute Gasteiger partial charge is 0.497 e. The van der Waals surface area contributed by atoms with Gasteiger partial charge in [-0.2, -0.15) is 0 Å². The van der Waals surface area contributed by atoms with E-state index in [0.717, 1.165) is 11.3 Å². The molecule has 0 saturated heterocycles. The van der Waals surface area contributed by atoms with Crippen molar-refractivity contribution in [3.05, 3.63) is 76.2 Å². The van der Waals surface area contributed by atoms with Gasteiger partial charge in [0.05, 0.1) is 12.7 Å². The number of hydrogen-bond acceptors (Lipinski definition) is 3. The third-order valence-electron chi connectivity index (χ3n) is 4.71. The van der Waals surface area contributed by atoms with Crippen LogP contribution in [0.4, 0.5) is 0 Å². The summed E-state index contributed by atoms with van der Waals surface area (Å²) in [4.78, 5) is 25.6. The Hall–Kier alpha value is -3.08. The number of benzene rings is 2. The molecule has 28 heavy (non-hydrogen) atoms. The Morgan fingerprint density at radius 2 is 1.75 bits per heavy atom. The molecule has 1 heterocycles. The summed E-state index contributed by atoms with van der Waals surface area (Å²) in [6, 6.07) is 15.1. The number of fused-ring (bicyclic) bond motifs is 1. The van der Waals surface area contributed by atoms with Crippen LogP contribution in [0.2, 0.25) is 0 Å². The molecule has 5 heteroatoms. The molecular formula is C23H26N2O3. The van der Waals surface area contributed by atoms with Crippen LogP contribution in [-0.4, -0.2) is 24.1 Å². The first-order chi connectivity index (χ1) is 13.5. The summed E-state index contributed by atoms with van der Waals surface area (Å²) >= 11 is 0. The van der Waals surface area contributed by atoms with Crippen LogP contribution in [0.5, 0.6) is 5.75 Å². The fourth-order valence-electron chi connectivity index (χ4n) is 3.12. The van der Waals surface area contributed by atoms with Crippen LogP contribution < -0.4 is 15.6 Å². The molecule has 0 fully saturated rings. The molecule has 0 radical (unpaired) electrons. The van der Waals surface area contributed by atoms with Gasteiger partial charge in [-0.1, -0.05) is 44.2 Å². The Balaban J connectivity index is 1.92. The van der Waals surface area contributed by atoms with Crippen LogP contribution in [-0.2, 0) is 13.0 Å². The van der Waals surface area contributed by atoms with Gasteiger partial charge in [0.25, 0.3) is 11.5 Å². The van der Waals surface area contributed by atoms with Crippen molar-refractivity contribution >= 4 is 16.7 Å². The molecule has 1 amide bonds. The maximum atomic E-state index is 12.9. The summed E-state index contributed by atoms with van der Waals surface area (Å²) in [6.07, 6.45) is 2.37. The highest BCUT2D eigenvalue weighted by atomic mass is 16.5. The maximum Gasteiger partial charge on any atom is 0.258 e. The van der Waals surface area contributed by atoms with Gasteiger partial charge in [-0.3, -0.25) is 9.59 Å². The Morgan fingerprint density at radius 1 is 1.07 bits per heavy atom.